The number of hydrogen-bond donors (Lipinski definition) is 4. The number of aromatic amines is 1. The van der Waals surface area contributed by atoms with Crippen LogP contribution in [0.3, 0.4) is 0 Å². The summed E-state index contributed by atoms with van der Waals surface area (Å²) in [5.74, 6) is 0. The van der Waals surface area contributed by atoms with Gasteiger partial charge in [0.2, 0.25) is 0 Å². The van der Waals surface area contributed by atoms with Crippen LogP contribution in [0.25, 0.3) is 10.9 Å². The van der Waals surface area contributed by atoms with E-state index in [1.165, 1.54) is 24.3 Å². The monoisotopic (exact) mass is 323 g/mol. The van der Waals surface area contributed by atoms with Crippen LogP contribution >= 0.6 is 15.2 Å². The van der Waals surface area contributed by atoms with Crippen molar-refractivity contribution in [2.45, 2.75) is 0 Å². The van der Waals surface area contributed by atoms with Gasteiger partial charge in [0.05, 0.1) is 5.30 Å². The van der Waals surface area contributed by atoms with Gasteiger partial charge in [-0.25, -0.2) is 0 Å². The normalized spacial score (nSPS) is 15.2. The molecule has 8 nitrogen and oxygen atoms in total. The zero-order valence-corrected chi connectivity index (χ0v) is 11.3. The molecule has 1 aromatic carbocycles. The van der Waals surface area contributed by atoms with Gasteiger partial charge in [0, 0.05) is 10.9 Å². The van der Waals surface area contributed by atoms with Gasteiger partial charge < -0.3 is 19.7 Å². The third kappa shape index (κ3) is 2.47. The summed E-state index contributed by atoms with van der Waals surface area (Å²) in [5.41, 5.74) is -1.29. The molecule has 1 heterocycles. The summed E-state index contributed by atoms with van der Waals surface area (Å²) in [6.45, 7) is 0. The van der Waals surface area contributed by atoms with Gasteiger partial charge in [-0.15, -0.1) is 4.73 Å². The molecule has 0 spiro atoms. The molecule has 1 atom stereocenters. The van der Waals surface area contributed by atoms with Crippen LogP contribution in [0.4, 0.5) is 4.53 Å². The Kier molecular flexibility index (Phi) is 3.68. The number of pyridine rings is 1. The van der Waals surface area contributed by atoms with Crippen LogP contribution < -0.4 is 16.2 Å². The van der Waals surface area contributed by atoms with Gasteiger partial charge in [0.1, 0.15) is 5.30 Å². The predicted octanol–water partition coefficient (Wildman–Crippen LogP) is 0.0429. The Balaban J connectivity index is 3.09. The standard InChI is InChI=1S/C9H8FNO7P2/c10-18-20(16,17)8-7(19(13,14)15)5-3-1-2-4-6(5)11-9(8)12/h1-4H,(H,11,12)(H,16,17)(H2,13,14,15). The number of para-hydroxylation sites is 1. The number of fused-ring (bicyclic) bond motifs is 1. The average molecular weight is 323 g/mol. The van der Waals surface area contributed by atoms with Crippen molar-refractivity contribution in [1.29, 1.82) is 0 Å². The second-order valence-corrected chi connectivity index (χ2v) is 6.99. The minimum Gasteiger partial charge on any atom is -0.321 e. The van der Waals surface area contributed by atoms with E-state index in [0.29, 0.717) is 0 Å². The lowest BCUT2D eigenvalue weighted by atomic mass is 10.2. The Labute approximate surface area is 110 Å². The van der Waals surface area contributed by atoms with Gasteiger partial charge in [0.25, 0.3) is 5.56 Å². The summed E-state index contributed by atoms with van der Waals surface area (Å²) in [6.07, 6.45) is 0. The first-order valence-electron chi connectivity index (χ1n) is 5.03. The molecular formula is C9H8FNO7P2. The van der Waals surface area contributed by atoms with E-state index in [1.807, 2.05) is 0 Å². The molecule has 0 aliphatic rings. The summed E-state index contributed by atoms with van der Waals surface area (Å²) < 4.78 is 38.0. The summed E-state index contributed by atoms with van der Waals surface area (Å²) in [6, 6.07) is 5.41. The highest BCUT2D eigenvalue weighted by molar-refractivity contribution is 7.67. The number of hydrogen-bond acceptors (Lipinski definition) is 4. The fraction of sp³-hybridized carbons (Fsp3) is 0. The number of rotatable bonds is 3. The SMILES string of the molecule is O=c1[nH]c2ccccc2c(P(=O)(O)O)c1P(=O)(O)OF. The second-order valence-electron chi connectivity index (χ2n) is 3.83. The third-order valence-electron chi connectivity index (χ3n) is 2.54. The maximum atomic E-state index is 12.2. The van der Waals surface area contributed by atoms with E-state index in [4.69, 9.17) is 0 Å². The number of halogens is 1. The topological polar surface area (TPSA) is 137 Å². The molecule has 0 bridgehead atoms. The molecule has 20 heavy (non-hydrogen) atoms. The largest absolute Gasteiger partial charge is 0.397 e. The van der Waals surface area contributed by atoms with Gasteiger partial charge in [-0.1, -0.05) is 18.2 Å². The minimum atomic E-state index is -5.30. The van der Waals surface area contributed by atoms with Crippen LogP contribution in [0.15, 0.2) is 29.1 Å². The van der Waals surface area contributed by atoms with Crippen molar-refractivity contribution in [1.82, 2.24) is 4.98 Å². The second kappa shape index (κ2) is 4.89. The Hall–Kier alpha value is -1.34. The van der Waals surface area contributed by atoms with Crippen LogP contribution in [-0.2, 0) is 13.9 Å². The molecule has 0 radical (unpaired) electrons. The highest BCUT2D eigenvalue weighted by Gasteiger charge is 2.39. The maximum absolute atomic E-state index is 12.2. The maximum Gasteiger partial charge on any atom is 0.397 e. The molecule has 0 fully saturated rings. The molecule has 2 rings (SSSR count). The highest BCUT2D eigenvalue weighted by Crippen LogP contribution is 2.44. The molecule has 1 aromatic heterocycles. The van der Waals surface area contributed by atoms with Crippen molar-refractivity contribution >= 4 is 36.7 Å². The van der Waals surface area contributed by atoms with E-state index >= 15 is 0 Å². The van der Waals surface area contributed by atoms with E-state index in [2.05, 4.69) is 9.71 Å². The Morgan fingerprint density at radius 3 is 2.25 bits per heavy atom. The smallest absolute Gasteiger partial charge is 0.321 e. The van der Waals surface area contributed by atoms with Crippen molar-refractivity contribution in [2.75, 3.05) is 0 Å². The Morgan fingerprint density at radius 1 is 1.10 bits per heavy atom. The third-order valence-corrected chi connectivity index (χ3v) is 4.94. The van der Waals surface area contributed by atoms with Gasteiger partial charge in [-0.3, -0.25) is 13.9 Å². The summed E-state index contributed by atoms with van der Waals surface area (Å²) in [5, 5.41) is -2.52. The zero-order valence-electron chi connectivity index (χ0n) is 9.56. The van der Waals surface area contributed by atoms with Crippen LogP contribution in [-0.4, -0.2) is 19.7 Å². The van der Waals surface area contributed by atoms with E-state index in [0.717, 1.165) is 0 Å². The first-order chi connectivity index (χ1) is 9.18. The molecule has 108 valence electrons. The number of H-pyrrole nitrogens is 1. The van der Waals surface area contributed by atoms with Crippen molar-refractivity contribution < 1.29 is 33.1 Å². The molecular weight excluding hydrogens is 315 g/mol. The molecule has 2 aromatic rings. The molecule has 0 aliphatic carbocycles. The fourth-order valence-electron chi connectivity index (χ4n) is 1.81. The zero-order chi connectivity index (χ0) is 15.1. The van der Waals surface area contributed by atoms with Gasteiger partial charge >= 0.3 is 15.2 Å². The van der Waals surface area contributed by atoms with E-state index < -0.39 is 31.4 Å². The van der Waals surface area contributed by atoms with Crippen molar-refractivity contribution in [3.05, 3.63) is 34.6 Å². The lowest BCUT2D eigenvalue weighted by molar-refractivity contribution is -0.0151. The Morgan fingerprint density at radius 2 is 1.70 bits per heavy atom. The first-order valence-corrected chi connectivity index (χ1v) is 8.22. The van der Waals surface area contributed by atoms with E-state index in [-0.39, 0.29) is 10.9 Å². The predicted molar refractivity (Wildman–Crippen MR) is 67.9 cm³/mol. The molecule has 4 N–H and O–H groups in total. The molecule has 0 saturated heterocycles. The van der Waals surface area contributed by atoms with Crippen molar-refractivity contribution in [2.24, 2.45) is 0 Å². The van der Waals surface area contributed by atoms with Crippen LogP contribution in [0.1, 0.15) is 0 Å². The van der Waals surface area contributed by atoms with Crippen molar-refractivity contribution in [3.8, 4) is 0 Å². The molecule has 0 aliphatic heterocycles. The first kappa shape index (κ1) is 15.1. The fourth-order valence-corrected chi connectivity index (χ4v) is 4.23. The number of nitrogens with one attached hydrogen (secondary N) is 1. The molecule has 11 heteroatoms. The molecule has 0 amide bonds. The molecule has 1 unspecified atom stereocenters. The summed E-state index contributed by atoms with van der Waals surface area (Å²) >= 11 is 0. The summed E-state index contributed by atoms with van der Waals surface area (Å²) in [4.78, 5) is 41.7. The van der Waals surface area contributed by atoms with Crippen molar-refractivity contribution in [3.63, 3.8) is 0 Å². The quantitative estimate of drug-likeness (QED) is 0.585. The lowest BCUT2D eigenvalue weighted by Crippen LogP contribution is -2.40. The van der Waals surface area contributed by atoms with Crippen LogP contribution in [0.5, 0.6) is 0 Å². The minimum absolute atomic E-state index is 0.0263. The summed E-state index contributed by atoms with van der Waals surface area (Å²) in [7, 11) is -10.4. The Bertz CT molecular complexity index is 827. The lowest BCUT2D eigenvalue weighted by Gasteiger charge is -2.14. The van der Waals surface area contributed by atoms with Crippen LogP contribution in [0, 0.1) is 0 Å². The van der Waals surface area contributed by atoms with E-state index in [1.54, 1.807) is 0 Å². The molecule has 0 saturated carbocycles. The number of benzene rings is 1. The van der Waals surface area contributed by atoms with Crippen LogP contribution in [0.2, 0.25) is 0 Å². The van der Waals surface area contributed by atoms with Gasteiger partial charge in [-0.05, 0) is 10.6 Å². The number of aromatic nitrogens is 1. The van der Waals surface area contributed by atoms with Gasteiger partial charge in [0.15, 0.2) is 0 Å². The van der Waals surface area contributed by atoms with E-state index in [9.17, 15) is 33.1 Å². The highest BCUT2D eigenvalue weighted by atomic mass is 31.2. The average Bonchev–Trinajstić information content (AvgIpc) is 2.35. The van der Waals surface area contributed by atoms with Gasteiger partial charge in [-0.2, -0.15) is 0 Å².